The largest absolute Gasteiger partial charge is 0.307 e. The van der Waals surface area contributed by atoms with E-state index in [9.17, 15) is 23.3 Å². The van der Waals surface area contributed by atoms with Crippen LogP contribution >= 0.6 is 0 Å². The van der Waals surface area contributed by atoms with Gasteiger partial charge in [-0.25, -0.2) is 0 Å². The van der Waals surface area contributed by atoms with Gasteiger partial charge in [0.05, 0.1) is 85.2 Å². The number of benzene rings is 9. The SMILES string of the molecule is [2H]c1c([2H])c([2H])c(-c2c([2H])c([2H])c([2H])c3c2c2c([2H])c([2H])c([2H])c([2H])c2n3-c2nc(-c3c([2H])c([2H])c([2H])c4c5c([2H])c([2H])c([2H])c6c7c([2H])c([2H])c([2H])c([2H])c7n(c34)c65)nc(-n3c4c([2H])c([2H])c([2H])c([2H])c4c4c(-c5c([2H])c([2H])c([2H])c([2H])c5[2H])c([2H])c([2H])c([2H])c43)n2)c([2H])c1[2H]. The Labute approximate surface area is 408 Å². The highest BCUT2D eigenvalue weighted by atomic mass is 15.3. The summed E-state index contributed by atoms with van der Waals surface area (Å²) in [5.41, 5.74) is -8.57. The molecule has 0 spiro atoms. The fourth-order valence-electron chi connectivity index (χ4n) is 8.28. The Morgan fingerprint density at radius 2 is 0.698 bits per heavy atom. The molecule has 0 radical (unpaired) electrons. The molecule has 6 nitrogen and oxygen atoms in total. The predicted octanol–water partition coefficient (Wildman–Crippen LogP) is 14.2. The van der Waals surface area contributed by atoms with E-state index in [1.165, 1.54) is 0 Å². The first kappa shape index (κ1) is 15.1. The number of hydrogen-bond acceptors (Lipinski definition) is 3. The van der Waals surface area contributed by atoms with E-state index in [1.54, 1.807) is 0 Å². The highest BCUT2D eigenvalue weighted by Gasteiger charge is 2.25. The van der Waals surface area contributed by atoms with E-state index in [0.29, 0.717) is 9.13 Å². The Bertz CT molecular complexity index is 5880. The molecular weight excluding hydrogens is 769 g/mol. The minimum atomic E-state index is -1.09. The van der Waals surface area contributed by atoms with Crippen molar-refractivity contribution in [2.75, 3.05) is 0 Å². The fourth-order valence-corrected chi connectivity index (χ4v) is 8.28. The van der Waals surface area contributed by atoms with Crippen LogP contribution in [-0.4, -0.2) is 28.5 Å². The van der Waals surface area contributed by atoms with Crippen LogP contribution in [0.3, 0.4) is 0 Å². The van der Waals surface area contributed by atoms with Crippen molar-refractivity contribution < 1.29 is 46.6 Å². The smallest absolute Gasteiger partial charge is 0.240 e. The molecule has 0 atom stereocenters. The van der Waals surface area contributed by atoms with Gasteiger partial charge in [-0.3, -0.25) is 9.13 Å². The van der Waals surface area contributed by atoms with Crippen molar-refractivity contribution in [2.45, 2.75) is 0 Å². The number of hydrogen-bond donors (Lipinski definition) is 0. The normalized spacial score (nSPS) is 19.7. The van der Waals surface area contributed by atoms with E-state index in [0.717, 1.165) is 4.40 Å². The van der Waals surface area contributed by atoms with Gasteiger partial charge in [0, 0.05) is 48.7 Å². The van der Waals surface area contributed by atoms with Crippen molar-refractivity contribution >= 4 is 81.7 Å². The Kier molecular flexibility index (Phi) is 3.10. The van der Waals surface area contributed by atoms with Crippen molar-refractivity contribution in [1.82, 2.24) is 28.5 Å². The third kappa shape index (κ3) is 4.74. The second-order valence-corrected chi connectivity index (χ2v) is 13.8. The maximum Gasteiger partial charge on any atom is 0.240 e. The minimum Gasteiger partial charge on any atom is -0.307 e. The molecule has 0 unspecified atom stereocenters. The molecule has 0 bridgehead atoms. The van der Waals surface area contributed by atoms with Crippen LogP contribution in [0.2, 0.25) is 0 Å². The van der Waals surface area contributed by atoms with Crippen LogP contribution in [0.15, 0.2) is 205 Å². The van der Waals surface area contributed by atoms with Crippen LogP contribution in [0, 0.1) is 0 Å². The zero-order chi connectivity index (χ0) is 70.8. The number of rotatable bonds is 5. The molecule has 5 heterocycles. The molecule has 0 aliphatic heterocycles. The quantitative estimate of drug-likeness (QED) is 0.173. The number of aromatic nitrogens is 6. The molecule has 63 heavy (non-hydrogen) atoms. The van der Waals surface area contributed by atoms with Crippen LogP contribution in [0.5, 0.6) is 0 Å². The molecule has 0 aliphatic rings. The van der Waals surface area contributed by atoms with Crippen LogP contribution in [0.1, 0.15) is 46.6 Å². The Morgan fingerprint density at radius 3 is 1.27 bits per heavy atom. The molecule has 0 N–H and O–H groups in total. The van der Waals surface area contributed by atoms with E-state index in [-0.39, 0.29) is 10.9 Å². The number of fused-ring (bicyclic) bond motifs is 12. The summed E-state index contributed by atoms with van der Waals surface area (Å²) in [6.07, 6.45) is 0. The van der Waals surface area contributed by atoms with Crippen LogP contribution in [-0.2, 0) is 0 Å². The van der Waals surface area contributed by atoms with Crippen LogP contribution in [0.4, 0.5) is 0 Å². The summed E-state index contributed by atoms with van der Waals surface area (Å²) >= 11 is 0. The van der Waals surface area contributed by atoms with E-state index < -0.39 is 322 Å². The molecule has 0 aliphatic carbocycles. The zero-order valence-electron chi connectivity index (χ0n) is 65.2. The lowest BCUT2D eigenvalue weighted by atomic mass is 9.99. The lowest BCUT2D eigenvalue weighted by molar-refractivity contribution is 0.893. The third-order valence-electron chi connectivity index (χ3n) is 10.7. The van der Waals surface area contributed by atoms with Crippen molar-refractivity contribution in [3.05, 3.63) is 205 Å². The Balaban J connectivity index is 1.31. The van der Waals surface area contributed by atoms with Crippen molar-refractivity contribution in [3.8, 4) is 45.5 Å². The molecule has 6 heteroatoms. The summed E-state index contributed by atoms with van der Waals surface area (Å²) in [5.74, 6) is -3.15. The van der Waals surface area contributed by atoms with Gasteiger partial charge in [-0.05, 0) is 58.5 Å². The van der Waals surface area contributed by atoms with Gasteiger partial charge >= 0.3 is 0 Å². The second kappa shape index (κ2) is 12.9. The lowest BCUT2D eigenvalue weighted by Gasteiger charge is -2.13. The monoisotopic (exact) mass is 836 g/mol. The molecule has 9 aromatic carbocycles. The topological polar surface area (TPSA) is 52.9 Å². The molecule has 0 saturated heterocycles. The highest BCUT2D eigenvalue weighted by molar-refractivity contribution is 6.25. The first-order valence-corrected chi connectivity index (χ1v) is 18.6. The highest BCUT2D eigenvalue weighted by Crippen LogP contribution is 2.44. The number of para-hydroxylation sites is 5. The molecule has 14 rings (SSSR count). The van der Waals surface area contributed by atoms with E-state index in [2.05, 4.69) is 0 Å². The summed E-state index contributed by atoms with van der Waals surface area (Å²) in [4.78, 5) is 14.3. The average molecular weight is 837 g/mol. The van der Waals surface area contributed by atoms with Gasteiger partial charge in [0.15, 0.2) is 5.82 Å². The second-order valence-electron chi connectivity index (χ2n) is 13.8. The summed E-state index contributed by atoms with van der Waals surface area (Å²) < 4.78 is 315. The molecule has 0 amide bonds. The van der Waals surface area contributed by atoms with E-state index in [4.69, 9.17) is 38.3 Å². The predicted molar refractivity (Wildman–Crippen MR) is 259 cm³/mol. The molecule has 0 fully saturated rings. The average Bonchev–Trinajstić information content (AvgIpc) is 1.52. The summed E-state index contributed by atoms with van der Waals surface area (Å²) in [6, 6.07) is -32.8. The lowest BCUT2D eigenvalue weighted by Crippen LogP contribution is -2.10. The maximum absolute atomic E-state index is 9.94. The zero-order valence-corrected chi connectivity index (χ0v) is 31.2. The van der Waals surface area contributed by atoms with Gasteiger partial charge in [0.25, 0.3) is 0 Å². The van der Waals surface area contributed by atoms with Gasteiger partial charge in [0.2, 0.25) is 11.9 Å². The van der Waals surface area contributed by atoms with Gasteiger partial charge in [0.1, 0.15) is 0 Å². The molecular formula is C57H34N6. The van der Waals surface area contributed by atoms with Crippen molar-refractivity contribution in [2.24, 2.45) is 0 Å². The van der Waals surface area contributed by atoms with E-state index >= 15 is 0 Å². The van der Waals surface area contributed by atoms with Gasteiger partial charge in [-0.1, -0.05) is 169 Å². The minimum absolute atomic E-state index is 0.324. The Morgan fingerprint density at radius 1 is 0.302 bits per heavy atom. The summed E-state index contributed by atoms with van der Waals surface area (Å²) in [6.45, 7) is 0. The van der Waals surface area contributed by atoms with Crippen molar-refractivity contribution in [3.63, 3.8) is 0 Å². The van der Waals surface area contributed by atoms with Gasteiger partial charge < -0.3 is 4.40 Å². The maximum atomic E-state index is 9.94. The van der Waals surface area contributed by atoms with Gasteiger partial charge in [-0.15, -0.1) is 0 Å². The first-order chi connectivity index (χ1) is 45.4. The van der Waals surface area contributed by atoms with E-state index in [1.807, 2.05) is 0 Å². The summed E-state index contributed by atoms with van der Waals surface area (Å²) in [5, 5.41) is -4.47. The fraction of sp³-hybridized carbons (Fsp3) is 0. The van der Waals surface area contributed by atoms with Crippen LogP contribution in [0.25, 0.3) is 127 Å². The molecule has 14 aromatic rings. The summed E-state index contributed by atoms with van der Waals surface area (Å²) in [7, 11) is 0. The van der Waals surface area contributed by atoms with Gasteiger partial charge in [-0.2, -0.15) is 15.0 Å². The molecule has 0 saturated carbocycles. The third-order valence-corrected chi connectivity index (χ3v) is 10.7. The Hall–Kier alpha value is -8.61. The van der Waals surface area contributed by atoms with Crippen LogP contribution < -0.4 is 0 Å². The number of nitrogens with zero attached hydrogens (tertiary/aromatic N) is 6. The van der Waals surface area contributed by atoms with Crippen molar-refractivity contribution in [1.29, 1.82) is 0 Å². The molecule has 292 valence electrons. The standard InChI is InChI=1S/C57H34N6/c1-3-17-35(18-4-1)37-24-15-33-49-51(37)43-22-8-11-31-47(43)61(49)56-58-55(45-29-14-28-42-41-27-13-26-40-39-21-7-10-30-46(39)63(53(40)41)54(42)45)59-57(60-56)62-48-32-12-9-23-44(48)52-38(25-16-34-50(52)62)36-19-5-2-6-20-36/h1-34H/i1D,2D,3D,4D,5D,6D,7D,8D,9D,10D,11D,12D,13D,14D,15D,16D,17D,18D,19D,20D,21D,22D,23D,24D,25D,26D,27D,28D,29D,30D,31D,32D,33D,34D. The first-order valence-electron chi connectivity index (χ1n) is 35.6. The molecule has 5 aromatic heterocycles.